The van der Waals surface area contributed by atoms with E-state index >= 15 is 0 Å². The van der Waals surface area contributed by atoms with Gasteiger partial charge >= 0.3 is 0 Å². The Morgan fingerprint density at radius 2 is 1.72 bits per heavy atom. The molecule has 0 fully saturated rings. The molecule has 8 heteroatoms. The van der Waals surface area contributed by atoms with Crippen molar-refractivity contribution < 1.29 is 13.2 Å². The van der Waals surface area contributed by atoms with Gasteiger partial charge in [0.25, 0.3) is 15.9 Å². The van der Waals surface area contributed by atoms with E-state index in [2.05, 4.69) is 28.9 Å². The van der Waals surface area contributed by atoms with Crippen LogP contribution in [0.15, 0.2) is 58.4 Å². The number of benzene rings is 2. The third kappa shape index (κ3) is 5.37. The molecule has 1 aromatic heterocycles. The van der Waals surface area contributed by atoms with Crippen molar-refractivity contribution in [2.45, 2.75) is 44.9 Å². The first-order chi connectivity index (χ1) is 15.1. The molecule has 0 aliphatic rings. The number of pyridine rings is 1. The van der Waals surface area contributed by atoms with E-state index in [1.54, 1.807) is 12.1 Å². The van der Waals surface area contributed by atoms with Gasteiger partial charge in [-0.2, -0.15) is 0 Å². The van der Waals surface area contributed by atoms with Crippen molar-refractivity contribution in [2.24, 2.45) is 5.92 Å². The fraction of sp³-hybridized carbons (Fsp3) is 0.333. The van der Waals surface area contributed by atoms with Crippen LogP contribution in [-0.4, -0.2) is 25.9 Å². The molecule has 3 aromatic rings. The van der Waals surface area contributed by atoms with E-state index in [1.807, 2.05) is 26.0 Å². The molecule has 0 radical (unpaired) electrons. The number of rotatable bonds is 8. The zero-order valence-corrected chi connectivity index (χ0v) is 19.5. The summed E-state index contributed by atoms with van der Waals surface area (Å²) in [7, 11) is -3.91. The molecule has 0 aliphatic carbocycles. The minimum Gasteiger partial charge on any atom is -0.360 e. The number of aromatic amines is 1. The smallest absolute Gasteiger partial charge is 0.261 e. The van der Waals surface area contributed by atoms with Crippen LogP contribution in [0.3, 0.4) is 0 Å². The standard InChI is InChI=1S/C24H29N3O4S/c1-15(2)11-12-25-24(29)21-14-26-22-10-9-19(13-20(22)23(21)28)32(30,31)27-18-7-5-17(6-8-18)16(3)4/h5-10,13-16,27H,11-12H2,1-4H3,(H,25,29)(H,26,28). The lowest BCUT2D eigenvalue weighted by atomic mass is 10.0. The van der Waals surface area contributed by atoms with Crippen LogP contribution in [0.1, 0.15) is 56.0 Å². The van der Waals surface area contributed by atoms with Gasteiger partial charge in [0.1, 0.15) is 5.56 Å². The number of carbonyl (C=O) groups excluding carboxylic acids is 1. The molecule has 0 bridgehead atoms. The number of amides is 1. The first-order valence-electron chi connectivity index (χ1n) is 10.6. The molecule has 170 valence electrons. The van der Waals surface area contributed by atoms with Crippen LogP contribution in [0, 0.1) is 5.92 Å². The minimum atomic E-state index is -3.91. The third-order valence-corrected chi connectivity index (χ3v) is 6.62. The fourth-order valence-corrected chi connectivity index (χ4v) is 4.34. The summed E-state index contributed by atoms with van der Waals surface area (Å²) in [6, 6.07) is 11.4. The van der Waals surface area contributed by atoms with E-state index < -0.39 is 21.4 Å². The van der Waals surface area contributed by atoms with E-state index in [4.69, 9.17) is 0 Å². The number of aromatic nitrogens is 1. The van der Waals surface area contributed by atoms with Gasteiger partial charge in [-0.1, -0.05) is 39.8 Å². The Bertz CT molecular complexity index is 1280. The lowest BCUT2D eigenvalue weighted by Gasteiger charge is -2.11. The third-order valence-electron chi connectivity index (χ3n) is 5.24. The molecular weight excluding hydrogens is 426 g/mol. The molecule has 0 aliphatic heterocycles. The molecule has 3 rings (SSSR count). The maximum Gasteiger partial charge on any atom is 0.261 e. The number of fused-ring (bicyclic) bond motifs is 1. The Morgan fingerprint density at radius 3 is 2.34 bits per heavy atom. The second-order valence-electron chi connectivity index (χ2n) is 8.56. The van der Waals surface area contributed by atoms with Crippen LogP contribution in [0.5, 0.6) is 0 Å². The van der Waals surface area contributed by atoms with E-state index in [0.29, 0.717) is 29.6 Å². The highest BCUT2D eigenvalue weighted by molar-refractivity contribution is 7.92. The van der Waals surface area contributed by atoms with Gasteiger partial charge < -0.3 is 10.3 Å². The molecule has 2 aromatic carbocycles. The average molecular weight is 456 g/mol. The van der Waals surface area contributed by atoms with Crippen LogP contribution >= 0.6 is 0 Å². The summed E-state index contributed by atoms with van der Waals surface area (Å²) in [5.74, 6) is 0.280. The molecule has 0 saturated heterocycles. The van der Waals surface area contributed by atoms with Crippen molar-refractivity contribution in [3.05, 3.63) is 70.0 Å². The molecule has 0 unspecified atom stereocenters. The fourth-order valence-electron chi connectivity index (χ4n) is 3.25. The maximum absolute atomic E-state index is 12.9. The molecule has 32 heavy (non-hydrogen) atoms. The number of nitrogens with one attached hydrogen (secondary N) is 3. The van der Waals surface area contributed by atoms with Crippen LogP contribution in [0.4, 0.5) is 5.69 Å². The first kappa shape index (κ1) is 23.5. The topological polar surface area (TPSA) is 108 Å². The molecular formula is C24H29N3O4S. The van der Waals surface area contributed by atoms with Crippen LogP contribution in [-0.2, 0) is 10.0 Å². The molecule has 3 N–H and O–H groups in total. The summed E-state index contributed by atoms with van der Waals surface area (Å²) in [5, 5.41) is 2.87. The predicted octanol–water partition coefficient (Wildman–Crippen LogP) is 4.23. The summed E-state index contributed by atoms with van der Waals surface area (Å²) in [6.07, 6.45) is 2.15. The average Bonchev–Trinajstić information content (AvgIpc) is 2.73. The summed E-state index contributed by atoms with van der Waals surface area (Å²) in [4.78, 5) is 28.2. The molecule has 1 amide bonds. The van der Waals surface area contributed by atoms with Crippen molar-refractivity contribution in [3.63, 3.8) is 0 Å². The number of hydrogen-bond donors (Lipinski definition) is 3. The van der Waals surface area contributed by atoms with Crippen molar-refractivity contribution in [1.82, 2.24) is 10.3 Å². The van der Waals surface area contributed by atoms with E-state index in [1.165, 1.54) is 24.4 Å². The van der Waals surface area contributed by atoms with Crippen LogP contribution < -0.4 is 15.5 Å². The van der Waals surface area contributed by atoms with Crippen LogP contribution in [0.2, 0.25) is 0 Å². The molecule has 0 atom stereocenters. The Hall–Kier alpha value is -3.13. The Labute approximate surface area is 188 Å². The van der Waals surface area contributed by atoms with Gasteiger partial charge in [0.15, 0.2) is 0 Å². The highest BCUT2D eigenvalue weighted by Gasteiger charge is 2.18. The van der Waals surface area contributed by atoms with E-state index in [9.17, 15) is 18.0 Å². The molecule has 0 spiro atoms. The Kier molecular flexibility index (Phi) is 7.03. The highest BCUT2D eigenvalue weighted by Crippen LogP contribution is 2.21. The largest absolute Gasteiger partial charge is 0.360 e. The number of hydrogen-bond acceptors (Lipinski definition) is 4. The lowest BCUT2D eigenvalue weighted by molar-refractivity contribution is 0.0951. The summed E-state index contributed by atoms with van der Waals surface area (Å²) < 4.78 is 28.3. The first-order valence-corrected chi connectivity index (χ1v) is 12.1. The highest BCUT2D eigenvalue weighted by atomic mass is 32.2. The Morgan fingerprint density at radius 1 is 1.03 bits per heavy atom. The van der Waals surface area contributed by atoms with E-state index in [-0.39, 0.29) is 15.8 Å². The molecule has 0 saturated carbocycles. The number of anilines is 1. The van der Waals surface area contributed by atoms with Gasteiger partial charge in [-0.25, -0.2) is 8.42 Å². The number of sulfonamides is 1. The minimum absolute atomic E-state index is 0.0481. The monoisotopic (exact) mass is 455 g/mol. The van der Waals surface area contributed by atoms with Gasteiger partial charge in [-0.3, -0.25) is 14.3 Å². The number of H-pyrrole nitrogens is 1. The Balaban J connectivity index is 1.89. The van der Waals surface area contributed by atoms with Crippen molar-refractivity contribution in [1.29, 1.82) is 0 Å². The van der Waals surface area contributed by atoms with E-state index in [0.717, 1.165) is 12.0 Å². The maximum atomic E-state index is 12.9. The summed E-state index contributed by atoms with van der Waals surface area (Å²) in [5.41, 5.74) is 1.42. The van der Waals surface area contributed by atoms with Crippen molar-refractivity contribution in [2.75, 3.05) is 11.3 Å². The normalized spacial score (nSPS) is 11.8. The van der Waals surface area contributed by atoms with Crippen molar-refractivity contribution >= 4 is 32.5 Å². The van der Waals surface area contributed by atoms with Gasteiger partial charge in [0.2, 0.25) is 5.43 Å². The quantitative estimate of drug-likeness (QED) is 0.472. The zero-order valence-electron chi connectivity index (χ0n) is 18.7. The lowest BCUT2D eigenvalue weighted by Crippen LogP contribution is -2.30. The van der Waals surface area contributed by atoms with Crippen molar-refractivity contribution in [3.8, 4) is 0 Å². The van der Waals surface area contributed by atoms with Gasteiger partial charge in [-0.15, -0.1) is 0 Å². The van der Waals surface area contributed by atoms with Gasteiger partial charge in [-0.05, 0) is 54.2 Å². The summed E-state index contributed by atoms with van der Waals surface area (Å²) >= 11 is 0. The zero-order chi connectivity index (χ0) is 23.5. The summed E-state index contributed by atoms with van der Waals surface area (Å²) in [6.45, 7) is 8.67. The predicted molar refractivity (Wildman–Crippen MR) is 128 cm³/mol. The SMILES string of the molecule is CC(C)CCNC(=O)c1c[nH]c2ccc(S(=O)(=O)Nc3ccc(C(C)C)cc3)cc2c1=O. The van der Waals surface area contributed by atoms with Crippen LogP contribution in [0.25, 0.3) is 10.9 Å². The molecule has 7 nitrogen and oxygen atoms in total. The van der Waals surface area contributed by atoms with Gasteiger partial charge in [0.05, 0.1) is 4.90 Å². The second-order valence-corrected chi connectivity index (χ2v) is 10.2. The molecule has 1 heterocycles. The van der Waals surface area contributed by atoms with Gasteiger partial charge in [0, 0.05) is 29.3 Å². The number of carbonyl (C=O) groups is 1. The second kappa shape index (κ2) is 9.56.